The fourth-order valence-corrected chi connectivity index (χ4v) is 3.96. The molecular formula is C24H23ClN2O2. The summed E-state index contributed by atoms with van der Waals surface area (Å²) in [5, 5.41) is 10.3. The quantitative estimate of drug-likeness (QED) is 0.558. The van der Waals surface area contributed by atoms with Crippen molar-refractivity contribution in [2.75, 3.05) is 16.3 Å². The molecule has 1 aliphatic rings. The van der Waals surface area contributed by atoms with Gasteiger partial charge in [-0.25, -0.2) is 0 Å². The highest BCUT2D eigenvalue weighted by Gasteiger charge is 2.33. The molecule has 0 saturated carbocycles. The van der Waals surface area contributed by atoms with Crippen molar-refractivity contribution in [3.8, 4) is 5.75 Å². The first-order valence-corrected chi connectivity index (χ1v) is 10.0. The Kier molecular flexibility index (Phi) is 4.97. The van der Waals surface area contributed by atoms with E-state index in [1.165, 1.54) is 0 Å². The lowest BCUT2D eigenvalue weighted by Gasteiger charge is -2.28. The number of amides is 1. The molecule has 4 rings (SSSR count). The van der Waals surface area contributed by atoms with E-state index in [2.05, 4.69) is 17.9 Å². The van der Waals surface area contributed by atoms with Crippen molar-refractivity contribution in [1.82, 2.24) is 0 Å². The third kappa shape index (κ3) is 3.45. The maximum atomic E-state index is 13.5. The molecule has 1 N–H and O–H groups in total. The van der Waals surface area contributed by atoms with Crippen LogP contribution in [0.15, 0.2) is 60.7 Å². The molecule has 0 fully saturated rings. The minimum absolute atomic E-state index is 0.0450. The number of benzene rings is 3. The van der Waals surface area contributed by atoms with E-state index < -0.39 is 0 Å². The molecule has 3 aromatic carbocycles. The number of phenols is 1. The summed E-state index contributed by atoms with van der Waals surface area (Å²) in [7, 11) is 0. The van der Waals surface area contributed by atoms with Gasteiger partial charge in [-0.1, -0.05) is 30.7 Å². The molecule has 1 heterocycles. The second-order valence-corrected chi connectivity index (χ2v) is 7.99. The van der Waals surface area contributed by atoms with Crippen LogP contribution in [-0.4, -0.2) is 17.6 Å². The molecule has 29 heavy (non-hydrogen) atoms. The van der Waals surface area contributed by atoms with Gasteiger partial charge in [-0.15, -0.1) is 0 Å². The number of aryl methyl sites for hydroxylation is 1. The molecule has 1 amide bonds. The van der Waals surface area contributed by atoms with Gasteiger partial charge in [0.05, 0.1) is 23.0 Å². The van der Waals surface area contributed by atoms with E-state index in [0.29, 0.717) is 11.6 Å². The van der Waals surface area contributed by atoms with Crippen LogP contribution in [0, 0.1) is 19.8 Å². The lowest BCUT2D eigenvalue weighted by Crippen LogP contribution is -2.33. The molecule has 1 atom stereocenters. The van der Waals surface area contributed by atoms with Crippen LogP contribution in [0.4, 0.5) is 22.7 Å². The predicted octanol–water partition coefficient (Wildman–Crippen LogP) is 6.11. The first-order valence-electron chi connectivity index (χ1n) is 9.63. The summed E-state index contributed by atoms with van der Waals surface area (Å²) in [6.45, 7) is 6.55. The Hall–Kier alpha value is -2.98. The number of fused-ring (bicyclic) bond motifs is 1. The van der Waals surface area contributed by atoms with Crippen LogP contribution in [0.5, 0.6) is 5.75 Å². The van der Waals surface area contributed by atoms with Gasteiger partial charge < -0.3 is 10.0 Å². The van der Waals surface area contributed by atoms with Crippen molar-refractivity contribution >= 4 is 40.3 Å². The Morgan fingerprint density at radius 1 is 0.966 bits per heavy atom. The summed E-state index contributed by atoms with van der Waals surface area (Å²) in [6, 6.07) is 18.6. The van der Waals surface area contributed by atoms with Gasteiger partial charge in [-0.05, 0) is 73.5 Å². The number of hydrogen-bond acceptors (Lipinski definition) is 3. The van der Waals surface area contributed by atoms with Crippen LogP contribution >= 0.6 is 11.6 Å². The molecule has 0 aliphatic carbocycles. The van der Waals surface area contributed by atoms with Crippen LogP contribution in [0.1, 0.15) is 18.1 Å². The van der Waals surface area contributed by atoms with Gasteiger partial charge in [0, 0.05) is 17.3 Å². The van der Waals surface area contributed by atoms with Crippen LogP contribution in [0.3, 0.4) is 0 Å². The zero-order valence-corrected chi connectivity index (χ0v) is 17.4. The Morgan fingerprint density at radius 2 is 1.69 bits per heavy atom. The molecule has 0 aromatic heterocycles. The van der Waals surface area contributed by atoms with Gasteiger partial charge >= 0.3 is 0 Å². The number of carbonyl (C=O) groups excluding carboxylic acids is 1. The molecule has 1 unspecified atom stereocenters. The summed E-state index contributed by atoms with van der Waals surface area (Å²) >= 11 is 6.36. The lowest BCUT2D eigenvalue weighted by atomic mass is 10.0. The topological polar surface area (TPSA) is 43.8 Å². The van der Waals surface area contributed by atoms with Crippen molar-refractivity contribution in [3.05, 3.63) is 76.8 Å². The minimum Gasteiger partial charge on any atom is -0.508 e. The van der Waals surface area contributed by atoms with Gasteiger partial charge in [0.25, 0.3) is 0 Å². The maximum Gasteiger partial charge on any atom is 0.236 e. The number of anilines is 4. The number of hydrogen-bond donors (Lipinski definition) is 1. The number of phenolic OH excluding ortho intramolecular Hbond substituents is 1. The van der Waals surface area contributed by atoms with Crippen molar-refractivity contribution in [3.63, 3.8) is 0 Å². The van der Waals surface area contributed by atoms with Crippen LogP contribution < -0.4 is 9.80 Å². The highest BCUT2D eigenvalue weighted by Crippen LogP contribution is 2.44. The summed E-state index contributed by atoms with van der Waals surface area (Å²) in [5.74, 6) is 0.00877. The summed E-state index contributed by atoms with van der Waals surface area (Å²) < 4.78 is 0. The van der Waals surface area contributed by atoms with Crippen LogP contribution in [0.2, 0.25) is 5.02 Å². The van der Waals surface area contributed by atoms with E-state index in [9.17, 15) is 9.90 Å². The second kappa shape index (κ2) is 7.45. The Labute approximate surface area is 176 Å². The number of carbonyl (C=O) groups is 1. The second-order valence-electron chi connectivity index (χ2n) is 7.55. The molecule has 0 saturated heterocycles. The normalized spacial score (nSPS) is 16.6. The lowest BCUT2D eigenvalue weighted by molar-refractivity contribution is -0.120. The van der Waals surface area contributed by atoms with Crippen LogP contribution in [-0.2, 0) is 4.79 Å². The number of nitrogens with zero attached hydrogens (tertiary/aromatic N) is 2. The molecular weight excluding hydrogens is 384 g/mol. The standard InChI is InChI=1S/C24H23ClN2O2/c1-15-5-4-6-21(17(15)3)27-22-12-7-18(25)13-23(22)26(14-16(2)24(27)29)19-8-10-20(28)11-9-19/h4-13,16,28H,14H2,1-3H3. The maximum absolute atomic E-state index is 13.5. The van der Waals surface area contributed by atoms with E-state index in [-0.39, 0.29) is 17.6 Å². The fourth-order valence-electron chi connectivity index (χ4n) is 3.79. The van der Waals surface area contributed by atoms with Gasteiger partial charge in [0.1, 0.15) is 5.75 Å². The molecule has 0 bridgehead atoms. The molecule has 3 aromatic rings. The van der Waals surface area contributed by atoms with Crippen molar-refractivity contribution in [2.45, 2.75) is 20.8 Å². The number of halogens is 1. The highest BCUT2D eigenvalue weighted by atomic mass is 35.5. The smallest absolute Gasteiger partial charge is 0.236 e. The SMILES string of the molecule is Cc1cccc(N2C(=O)C(C)CN(c3ccc(O)cc3)c3cc(Cl)ccc32)c1C. The third-order valence-corrected chi connectivity index (χ3v) is 5.78. The molecule has 0 radical (unpaired) electrons. The van der Waals surface area contributed by atoms with E-state index >= 15 is 0 Å². The van der Waals surface area contributed by atoms with Gasteiger partial charge in [-0.3, -0.25) is 9.69 Å². The van der Waals surface area contributed by atoms with E-state index in [4.69, 9.17) is 11.6 Å². The Morgan fingerprint density at radius 3 is 2.41 bits per heavy atom. The van der Waals surface area contributed by atoms with Crippen LogP contribution in [0.25, 0.3) is 0 Å². The third-order valence-electron chi connectivity index (χ3n) is 5.55. The largest absolute Gasteiger partial charge is 0.508 e. The highest BCUT2D eigenvalue weighted by molar-refractivity contribution is 6.31. The molecule has 148 valence electrons. The fraction of sp³-hybridized carbons (Fsp3) is 0.208. The zero-order chi connectivity index (χ0) is 20.7. The number of aromatic hydroxyl groups is 1. The first kappa shape index (κ1) is 19.3. The Bertz CT molecular complexity index is 1080. The van der Waals surface area contributed by atoms with Gasteiger partial charge in [-0.2, -0.15) is 0 Å². The monoisotopic (exact) mass is 406 g/mol. The van der Waals surface area contributed by atoms with Crippen molar-refractivity contribution in [2.24, 2.45) is 5.92 Å². The molecule has 0 spiro atoms. The van der Waals surface area contributed by atoms with E-state index in [0.717, 1.165) is 33.9 Å². The molecule has 4 nitrogen and oxygen atoms in total. The molecule has 5 heteroatoms. The number of rotatable bonds is 2. The van der Waals surface area contributed by atoms with Gasteiger partial charge in [0.2, 0.25) is 5.91 Å². The minimum atomic E-state index is -0.241. The zero-order valence-electron chi connectivity index (χ0n) is 16.7. The average Bonchev–Trinajstić information content (AvgIpc) is 2.80. The summed E-state index contributed by atoms with van der Waals surface area (Å²) in [5.41, 5.74) is 5.66. The van der Waals surface area contributed by atoms with Gasteiger partial charge in [0.15, 0.2) is 0 Å². The molecule has 1 aliphatic heterocycles. The van der Waals surface area contributed by atoms with Crippen molar-refractivity contribution < 1.29 is 9.90 Å². The van der Waals surface area contributed by atoms with Crippen molar-refractivity contribution in [1.29, 1.82) is 0 Å². The predicted molar refractivity (Wildman–Crippen MR) is 119 cm³/mol. The summed E-state index contributed by atoms with van der Waals surface area (Å²) in [6.07, 6.45) is 0. The first-order chi connectivity index (χ1) is 13.9. The summed E-state index contributed by atoms with van der Waals surface area (Å²) in [4.78, 5) is 17.4. The average molecular weight is 407 g/mol. The van der Waals surface area contributed by atoms with E-state index in [1.54, 1.807) is 12.1 Å². The Balaban J connectivity index is 1.95. The van der Waals surface area contributed by atoms with E-state index in [1.807, 2.05) is 61.2 Å².